The fourth-order valence-corrected chi connectivity index (χ4v) is 4.64. The molecule has 1 aliphatic heterocycles. The summed E-state index contributed by atoms with van der Waals surface area (Å²) in [5.41, 5.74) is 5.57. The van der Waals surface area contributed by atoms with E-state index in [9.17, 15) is 9.59 Å². The molecule has 0 saturated carbocycles. The van der Waals surface area contributed by atoms with Gasteiger partial charge in [-0.1, -0.05) is 23.9 Å². The Morgan fingerprint density at radius 1 is 1.10 bits per heavy atom. The van der Waals surface area contributed by atoms with E-state index in [4.69, 9.17) is 0 Å². The summed E-state index contributed by atoms with van der Waals surface area (Å²) in [5, 5.41) is 3.66. The van der Waals surface area contributed by atoms with Crippen molar-refractivity contribution < 1.29 is 9.59 Å². The third kappa shape index (κ3) is 4.09. The molecule has 0 saturated heterocycles. The van der Waals surface area contributed by atoms with Crippen LogP contribution in [0.2, 0.25) is 0 Å². The van der Waals surface area contributed by atoms with Crippen molar-refractivity contribution in [3.8, 4) is 0 Å². The number of pyridine rings is 1. The van der Waals surface area contributed by atoms with Gasteiger partial charge in [-0.25, -0.2) is 4.98 Å². The van der Waals surface area contributed by atoms with Gasteiger partial charge in [-0.15, -0.1) is 0 Å². The Bertz CT molecular complexity index is 1140. The molecule has 3 aromatic rings. The Balaban J connectivity index is 1.56. The van der Waals surface area contributed by atoms with Gasteiger partial charge in [0.15, 0.2) is 0 Å². The molecule has 0 radical (unpaired) electrons. The molecule has 0 fully saturated rings. The molecule has 4 rings (SSSR count). The number of nitrogens with zero attached hydrogens (tertiary/aromatic N) is 2. The number of hydrogen-bond acceptors (Lipinski definition) is 4. The molecule has 2 amide bonds. The van der Waals surface area contributed by atoms with Gasteiger partial charge in [0.1, 0.15) is 5.03 Å². The number of rotatable bonds is 4. The normalized spacial score (nSPS) is 12.6. The molecule has 0 spiro atoms. The minimum atomic E-state index is -0.197. The van der Waals surface area contributed by atoms with Crippen LogP contribution in [0.4, 0.5) is 11.4 Å². The van der Waals surface area contributed by atoms with E-state index in [2.05, 4.69) is 42.3 Å². The average molecular weight is 418 g/mol. The number of aryl methyl sites for hydroxylation is 2. The highest BCUT2D eigenvalue weighted by atomic mass is 32.2. The third-order valence-corrected chi connectivity index (χ3v) is 6.36. The lowest BCUT2D eigenvalue weighted by Crippen LogP contribution is -2.25. The first-order chi connectivity index (χ1) is 14.4. The van der Waals surface area contributed by atoms with E-state index >= 15 is 0 Å². The van der Waals surface area contributed by atoms with Crippen LogP contribution < -0.4 is 10.2 Å². The maximum absolute atomic E-state index is 13.0. The van der Waals surface area contributed by atoms with Crippen LogP contribution in [0, 0.1) is 13.8 Å². The molecule has 0 bridgehead atoms. The lowest BCUT2D eigenvalue weighted by Gasteiger charge is -2.15. The topological polar surface area (TPSA) is 62.3 Å². The fraction of sp³-hybridized carbons (Fsp3) is 0.208. The second-order valence-corrected chi connectivity index (χ2v) is 8.48. The van der Waals surface area contributed by atoms with Crippen molar-refractivity contribution in [3.63, 3.8) is 0 Å². The first-order valence-corrected chi connectivity index (χ1v) is 10.7. The molecule has 1 N–H and O–H groups in total. The third-order valence-electron chi connectivity index (χ3n) is 5.18. The number of fused-ring (bicyclic) bond motifs is 1. The van der Waals surface area contributed by atoms with Gasteiger partial charge in [0.2, 0.25) is 5.91 Å². The van der Waals surface area contributed by atoms with Crippen LogP contribution in [0.3, 0.4) is 0 Å². The van der Waals surface area contributed by atoms with Crippen LogP contribution in [-0.4, -0.2) is 23.3 Å². The van der Waals surface area contributed by atoms with Crippen LogP contribution in [0.15, 0.2) is 64.6 Å². The Hall–Kier alpha value is -3.12. The molecule has 6 heteroatoms. The van der Waals surface area contributed by atoms with Crippen LogP contribution >= 0.6 is 11.8 Å². The molecule has 30 heavy (non-hydrogen) atoms. The average Bonchev–Trinajstić information content (AvgIpc) is 3.14. The summed E-state index contributed by atoms with van der Waals surface area (Å²) in [7, 11) is 0. The molecule has 0 atom stereocenters. The van der Waals surface area contributed by atoms with E-state index in [0.717, 1.165) is 33.8 Å². The molecular weight excluding hydrogens is 394 g/mol. The molecule has 1 aliphatic rings. The summed E-state index contributed by atoms with van der Waals surface area (Å²) in [6.45, 7) is 6.36. The SMILES string of the molecule is CC(=O)N1CCc2cc(NC(=O)c3cccnc3Sc3cc(C)ccc3C)ccc21. The largest absolute Gasteiger partial charge is 0.322 e. The predicted molar refractivity (Wildman–Crippen MR) is 120 cm³/mol. The fourth-order valence-electron chi connectivity index (χ4n) is 3.57. The number of amides is 2. The van der Waals surface area contributed by atoms with Gasteiger partial charge in [-0.05, 0) is 73.4 Å². The minimum Gasteiger partial charge on any atom is -0.322 e. The van der Waals surface area contributed by atoms with E-state index in [1.165, 1.54) is 17.3 Å². The maximum atomic E-state index is 13.0. The van der Waals surface area contributed by atoms with E-state index in [1.54, 1.807) is 30.2 Å². The number of hydrogen-bond donors (Lipinski definition) is 1. The van der Waals surface area contributed by atoms with E-state index < -0.39 is 0 Å². The zero-order valence-electron chi connectivity index (χ0n) is 17.2. The predicted octanol–water partition coefficient (Wildman–Crippen LogP) is 5.01. The smallest absolute Gasteiger partial charge is 0.258 e. The molecule has 2 aromatic carbocycles. The summed E-state index contributed by atoms with van der Waals surface area (Å²) in [6, 6.07) is 15.5. The summed E-state index contributed by atoms with van der Waals surface area (Å²) >= 11 is 1.50. The number of carbonyl (C=O) groups excluding carboxylic acids is 2. The highest BCUT2D eigenvalue weighted by Crippen LogP contribution is 2.33. The number of anilines is 2. The quantitative estimate of drug-likeness (QED) is 0.648. The van der Waals surface area contributed by atoms with Crippen molar-refractivity contribution in [1.29, 1.82) is 0 Å². The van der Waals surface area contributed by atoms with Crippen molar-refractivity contribution in [2.24, 2.45) is 0 Å². The lowest BCUT2D eigenvalue weighted by molar-refractivity contribution is -0.116. The minimum absolute atomic E-state index is 0.0361. The molecule has 1 aromatic heterocycles. The lowest BCUT2D eigenvalue weighted by atomic mass is 10.1. The Labute approximate surface area is 180 Å². The second kappa shape index (κ2) is 8.32. The van der Waals surface area contributed by atoms with Gasteiger partial charge >= 0.3 is 0 Å². The Morgan fingerprint density at radius 3 is 2.73 bits per heavy atom. The van der Waals surface area contributed by atoms with E-state index in [-0.39, 0.29) is 11.8 Å². The van der Waals surface area contributed by atoms with Crippen molar-refractivity contribution >= 4 is 35.0 Å². The van der Waals surface area contributed by atoms with Crippen molar-refractivity contribution in [2.45, 2.75) is 37.1 Å². The highest BCUT2D eigenvalue weighted by Gasteiger charge is 2.23. The van der Waals surface area contributed by atoms with Gasteiger partial charge in [-0.3, -0.25) is 9.59 Å². The summed E-state index contributed by atoms with van der Waals surface area (Å²) < 4.78 is 0. The zero-order valence-corrected chi connectivity index (χ0v) is 18.0. The van der Waals surface area contributed by atoms with Crippen molar-refractivity contribution in [1.82, 2.24) is 4.98 Å². The van der Waals surface area contributed by atoms with Crippen LogP contribution in [-0.2, 0) is 11.2 Å². The van der Waals surface area contributed by atoms with Crippen LogP contribution in [0.1, 0.15) is 34.0 Å². The molecule has 2 heterocycles. The molecule has 152 valence electrons. The molecule has 0 unspecified atom stereocenters. The molecule has 5 nitrogen and oxygen atoms in total. The van der Waals surface area contributed by atoms with E-state index in [0.29, 0.717) is 17.1 Å². The van der Waals surface area contributed by atoms with Crippen molar-refractivity contribution in [3.05, 3.63) is 77.0 Å². The zero-order chi connectivity index (χ0) is 21.3. The first-order valence-electron chi connectivity index (χ1n) is 9.85. The molecular formula is C24H23N3O2S. The number of carbonyl (C=O) groups is 2. The highest BCUT2D eigenvalue weighted by molar-refractivity contribution is 7.99. The maximum Gasteiger partial charge on any atom is 0.258 e. The Morgan fingerprint density at radius 2 is 1.93 bits per heavy atom. The van der Waals surface area contributed by atoms with Gasteiger partial charge in [-0.2, -0.15) is 0 Å². The van der Waals surface area contributed by atoms with Gasteiger partial charge < -0.3 is 10.2 Å². The van der Waals surface area contributed by atoms with E-state index in [1.807, 2.05) is 18.2 Å². The summed E-state index contributed by atoms with van der Waals surface area (Å²) in [6.07, 6.45) is 2.50. The number of aromatic nitrogens is 1. The standard InChI is InChI=1S/C24H23N3O2S/c1-15-6-7-16(2)22(13-15)30-24-20(5-4-11-25-24)23(29)26-19-8-9-21-18(14-19)10-12-27(21)17(3)28/h4-9,11,13-14H,10,12H2,1-3H3,(H,26,29). The summed E-state index contributed by atoms with van der Waals surface area (Å²) in [5.74, 6) is -0.161. The monoisotopic (exact) mass is 417 g/mol. The summed E-state index contributed by atoms with van der Waals surface area (Å²) in [4.78, 5) is 32.1. The van der Waals surface area contributed by atoms with Crippen LogP contribution in [0.5, 0.6) is 0 Å². The Kier molecular flexibility index (Phi) is 5.59. The molecule has 0 aliphatic carbocycles. The van der Waals surface area contributed by atoms with Crippen LogP contribution in [0.25, 0.3) is 0 Å². The second-order valence-electron chi connectivity index (χ2n) is 7.45. The number of nitrogens with one attached hydrogen (secondary N) is 1. The van der Waals surface area contributed by atoms with Gasteiger partial charge in [0, 0.05) is 35.9 Å². The first kappa shape index (κ1) is 20.2. The van der Waals surface area contributed by atoms with Gasteiger partial charge in [0.05, 0.1) is 5.56 Å². The van der Waals surface area contributed by atoms with Gasteiger partial charge in [0.25, 0.3) is 5.91 Å². The number of benzene rings is 2. The van der Waals surface area contributed by atoms with Crippen molar-refractivity contribution in [2.75, 3.05) is 16.8 Å².